The molecule has 0 spiro atoms. The first-order valence-corrected chi connectivity index (χ1v) is 7.38. The van der Waals surface area contributed by atoms with Crippen LogP contribution in [0.15, 0.2) is 34.9 Å². The first-order chi connectivity index (χ1) is 8.65. The summed E-state index contributed by atoms with van der Waals surface area (Å²) in [6.07, 6.45) is 3.76. The lowest BCUT2D eigenvalue weighted by Gasteiger charge is -2.18. The van der Waals surface area contributed by atoms with Crippen LogP contribution >= 0.6 is 22.9 Å². The predicted molar refractivity (Wildman–Crippen MR) is 77.4 cm³/mol. The molecule has 0 fully saturated rings. The summed E-state index contributed by atoms with van der Waals surface area (Å²) >= 11 is 7.59. The van der Waals surface area contributed by atoms with E-state index in [1.807, 2.05) is 18.2 Å². The molecular weight excluding hydrogens is 266 g/mol. The standard InChI is InChI=1S/C14H18ClNOS/c1-10(5-6-12-4-3-9-17-12)16-11(2)13-7-8-14(15)18-13/h3-4,7-11,16H,5-6H2,1-2H3. The summed E-state index contributed by atoms with van der Waals surface area (Å²) < 4.78 is 6.18. The van der Waals surface area contributed by atoms with Gasteiger partial charge in [0.1, 0.15) is 5.76 Å². The zero-order valence-electron chi connectivity index (χ0n) is 10.7. The predicted octanol–water partition coefficient (Wildman–Crippen LogP) is 4.67. The number of nitrogens with one attached hydrogen (secondary N) is 1. The minimum absolute atomic E-state index is 0.342. The molecular formula is C14H18ClNOS. The van der Waals surface area contributed by atoms with Gasteiger partial charge in [-0.3, -0.25) is 0 Å². The van der Waals surface area contributed by atoms with E-state index in [0.717, 1.165) is 22.9 Å². The lowest BCUT2D eigenvalue weighted by Crippen LogP contribution is -2.28. The summed E-state index contributed by atoms with van der Waals surface area (Å²) in [6.45, 7) is 4.38. The second kappa shape index (κ2) is 6.41. The van der Waals surface area contributed by atoms with Crippen LogP contribution in [0.5, 0.6) is 0 Å². The van der Waals surface area contributed by atoms with Gasteiger partial charge in [0.25, 0.3) is 0 Å². The summed E-state index contributed by atoms with van der Waals surface area (Å²) in [5.74, 6) is 1.05. The minimum atomic E-state index is 0.342. The zero-order chi connectivity index (χ0) is 13.0. The van der Waals surface area contributed by atoms with Crippen LogP contribution < -0.4 is 5.32 Å². The van der Waals surface area contributed by atoms with E-state index in [1.54, 1.807) is 17.6 Å². The highest BCUT2D eigenvalue weighted by atomic mass is 35.5. The fourth-order valence-electron chi connectivity index (χ4n) is 1.97. The number of furan rings is 1. The molecule has 2 atom stereocenters. The highest BCUT2D eigenvalue weighted by Gasteiger charge is 2.11. The minimum Gasteiger partial charge on any atom is -0.469 e. The van der Waals surface area contributed by atoms with Crippen LogP contribution in [0.2, 0.25) is 4.34 Å². The summed E-state index contributed by atoms with van der Waals surface area (Å²) in [4.78, 5) is 1.28. The smallest absolute Gasteiger partial charge is 0.103 e. The maximum absolute atomic E-state index is 5.95. The molecule has 0 amide bonds. The summed E-state index contributed by atoms with van der Waals surface area (Å²) in [5, 5.41) is 3.58. The van der Waals surface area contributed by atoms with E-state index in [9.17, 15) is 0 Å². The van der Waals surface area contributed by atoms with Gasteiger partial charge in [-0.1, -0.05) is 11.6 Å². The Kier molecular flexibility index (Phi) is 4.87. The van der Waals surface area contributed by atoms with Crippen LogP contribution in [-0.2, 0) is 6.42 Å². The van der Waals surface area contributed by atoms with Crippen molar-refractivity contribution in [1.82, 2.24) is 5.32 Å². The van der Waals surface area contributed by atoms with Gasteiger partial charge >= 0.3 is 0 Å². The molecule has 2 aromatic heterocycles. The molecule has 0 radical (unpaired) electrons. The van der Waals surface area contributed by atoms with Crippen molar-refractivity contribution < 1.29 is 4.42 Å². The zero-order valence-corrected chi connectivity index (χ0v) is 12.2. The third-order valence-corrected chi connectivity index (χ3v) is 4.37. The van der Waals surface area contributed by atoms with Crippen molar-refractivity contribution in [3.8, 4) is 0 Å². The van der Waals surface area contributed by atoms with Crippen molar-refractivity contribution >= 4 is 22.9 Å². The van der Waals surface area contributed by atoms with Crippen LogP contribution in [0.1, 0.15) is 36.9 Å². The summed E-state index contributed by atoms with van der Waals surface area (Å²) in [7, 11) is 0. The van der Waals surface area contributed by atoms with E-state index >= 15 is 0 Å². The van der Waals surface area contributed by atoms with Crippen LogP contribution in [-0.4, -0.2) is 6.04 Å². The van der Waals surface area contributed by atoms with Gasteiger partial charge in [-0.15, -0.1) is 11.3 Å². The van der Waals surface area contributed by atoms with Crippen molar-refractivity contribution in [2.45, 2.75) is 38.8 Å². The number of rotatable bonds is 6. The van der Waals surface area contributed by atoms with Crippen LogP contribution in [0.3, 0.4) is 0 Å². The maximum Gasteiger partial charge on any atom is 0.103 e. The number of thiophene rings is 1. The average Bonchev–Trinajstić information content (AvgIpc) is 2.97. The Bertz CT molecular complexity index is 466. The normalized spacial score (nSPS) is 14.6. The Morgan fingerprint density at radius 1 is 1.33 bits per heavy atom. The molecule has 0 saturated heterocycles. The maximum atomic E-state index is 5.95. The van der Waals surface area contributed by atoms with Gasteiger partial charge in [-0.05, 0) is 44.5 Å². The largest absolute Gasteiger partial charge is 0.469 e. The van der Waals surface area contributed by atoms with E-state index in [1.165, 1.54) is 4.88 Å². The van der Waals surface area contributed by atoms with Gasteiger partial charge in [0.15, 0.2) is 0 Å². The first-order valence-electron chi connectivity index (χ1n) is 6.19. The lowest BCUT2D eigenvalue weighted by atomic mass is 10.1. The summed E-state index contributed by atoms with van der Waals surface area (Å²) in [6, 6.07) is 8.79. The third kappa shape index (κ3) is 3.87. The molecule has 98 valence electrons. The molecule has 1 N–H and O–H groups in total. The Morgan fingerprint density at radius 2 is 2.17 bits per heavy atom. The molecule has 2 unspecified atom stereocenters. The highest BCUT2D eigenvalue weighted by molar-refractivity contribution is 7.16. The third-order valence-electron chi connectivity index (χ3n) is 2.96. The number of hydrogen-bond acceptors (Lipinski definition) is 3. The molecule has 2 aromatic rings. The first kappa shape index (κ1) is 13.7. The molecule has 2 nitrogen and oxygen atoms in total. The molecule has 0 aliphatic rings. The average molecular weight is 284 g/mol. The molecule has 2 rings (SSSR count). The number of halogens is 1. The molecule has 0 bridgehead atoms. The fourth-order valence-corrected chi connectivity index (χ4v) is 3.04. The second-order valence-electron chi connectivity index (χ2n) is 4.55. The van der Waals surface area contributed by atoms with E-state index < -0.39 is 0 Å². The Hall–Kier alpha value is -0.770. The molecule has 0 aliphatic carbocycles. The molecule has 18 heavy (non-hydrogen) atoms. The van der Waals surface area contributed by atoms with E-state index in [-0.39, 0.29) is 0 Å². The van der Waals surface area contributed by atoms with Crippen molar-refractivity contribution in [3.63, 3.8) is 0 Å². The van der Waals surface area contributed by atoms with Gasteiger partial charge < -0.3 is 9.73 Å². The van der Waals surface area contributed by atoms with Crippen LogP contribution in [0, 0.1) is 0 Å². The quantitative estimate of drug-likeness (QED) is 0.834. The van der Waals surface area contributed by atoms with E-state index in [4.69, 9.17) is 16.0 Å². The molecule has 0 aliphatic heterocycles. The van der Waals surface area contributed by atoms with Gasteiger partial charge in [-0.2, -0.15) is 0 Å². The fraction of sp³-hybridized carbons (Fsp3) is 0.429. The van der Waals surface area contributed by atoms with Crippen LogP contribution in [0.25, 0.3) is 0 Å². The molecule has 2 heterocycles. The SMILES string of the molecule is CC(CCc1ccco1)NC(C)c1ccc(Cl)s1. The van der Waals surface area contributed by atoms with Gasteiger partial charge in [0.2, 0.25) is 0 Å². The summed E-state index contributed by atoms with van der Waals surface area (Å²) in [5.41, 5.74) is 0. The van der Waals surface area contributed by atoms with Gasteiger partial charge in [0, 0.05) is 23.4 Å². The van der Waals surface area contributed by atoms with Crippen molar-refractivity contribution in [1.29, 1.82) is 0 Å². The second-order valence-corrected chi connectivity index (χ2v) is 6.30. The Balaban J connectivity index is 1.78. The monoisotopic (exact) mass is 283 g/mol. The lowest BCUT2D eigenvalue weighted by molar-refractivity contribution is 0.433. The van der Waals surface area contributed by atoms with Crippen LogP contribution in [0.4, 0.5) is 0 Å². The molecule has 4 heteroatoms. The molecule has 0 aromatic carbocycles. The van der Waals surface area contributed by atoms with Crippen molar-refractivity contribution in [2.75, 3.05) is 0 Å². The Morgan fingerprint density at radius 3 is 2.78 bits per heavy atom. The van der Waals surface area contributed by atoms with E-state index in [2.05, 4.69) is 25.2 Å². The highest BCUT2D eigenvalue weighted by Crippen LogP contribution is 2.27. The van der Waals surface area contributed by atoms with Crippen molar-refractivity contribution in [2.24, 2.45) is 0 Å². The molecule has 0 saturated carbocycles. The number of aryl methyl sites for hydroxylation is 1. The van der Waals surface area contributed by atoms with E-state index in [0.29, 0.717) is 12.1 Å². The Labute approximate surface area is 117 Å². The number of hydrogen-bond donors (Lipinski definition) is 1. The van der Waals surface area contributed by atoms with Gasteiger partial charge in [-0.25, -0.2) is 0 Å². The topological polar surface area (TPSA) is 25.2 Å². The van der Waals surface area contributed by atoms with Gasteiger partial charge in [0.05, 0.1) is 10.6 Å². The van der Waals surface area contributed by atoms with Crippen molar-refractivity contribution in [3.05, 3.63) is 45.5 Å².